The minimum Gasteiger partial charge on any atom is -0.495 e. The Morgan fingerprint density at radius 1 is 1.35 bits per heavy atom. The van der Waals surface area contributed by atoms with Crippen molar-refractivity contribution in [3.05, 3.63) is 29.7 Å². The first-order valence-corrected chi connectivity index (χ1v) is 10.7. The number of nitrogens with zero attached hydrogens (tertiary/aromatic N) is 1. The van der Waals surface area contributed by atoms with E-state index in [0.717, 1.165) is 23.8 Å². The predicted molar refractivity (Wildman–Crippen MR) is 117 cm³/mol. The molecule has 26 heavy (non-hydrogen) atoms. The van der Waals surface area contributed by atoms with Gasteiger partial charge in [-0.1, -0.05) is 6.92 Å². The largest absolute Gasteiger partial charge is 0.495 e. The molecule has 1 heterocycles. The Kier molecular flexibility index (Phi) is 7.76. The van der Waals surface area contributed by atoms with Gasteiger partial charge in [-0.15, -0.1) is 0 Å². The van der Waals surface area contributed by atoms with Gasteiger partial charge in [-0.2, -0.15) is 0 Å². The highest BCUT2D eigenvalue weighted by Gasteiger charge is 2.37. The summed E-state index contributed by atoms with van der Waals surface area (Å²) in [4.78, 5) is 37.8. The average Bonchev–Trinajstić information content (AvgIpc) is 2.82. The Balaban J connectivity index is 2.23. The molecule has 1 saturated heterocycles. The van der Waals surface area contributed by atoms with E-state index in [2.05, 4.69) is 45.2 Å². The third-order valence-corrected chi connectivity index (χ3v) is 5.93. The summed E-state index contributed by atoms with van der Waals surface area (Å²) >= 11 is 5.13. The number of hydrogen-bond acceptors (Lipinski definition) is 6. The van der Waals surface area contributed by atoms with Gasteiger partial charge in [0.2, 0.25) is 0 Å². The van der Waals surface area contributed by atoms with Gasteiger partial charge < -0.3 is 9.47 Å². The Hall–Kier alpha value is -0.820. The third-order valence-electron chi connectivity index (χ3n) is 3.60. The molecule has 1 aromatic rings. The highest BCUT2D eigenvalue weighted by molar-refractivity contribution is 14.1. The van der Waals surface area contributed by atoms with Crippen molar-refractivity contribution in [3.8, 4) is 5.75 Å². The number of carbonyl (C=O) groups excluding carboxylic acids is 3. The topological polar surface area (TPSA) is 72.9 Å². The third kappa shape index (κ3) is 5.12. The fourth-order valence-corrected chi connectivity index (χ4v) is 5.09. The number of benzene rings is 1. The van der Waals surface area contributed by atoms with Crippen molar-refractivity contribution in [2.45, 2.75) is 26.4 Å². The molecule has 9 heteroatoms. The van der Waals surface area contributed by atoms with Crippen LogP contribution >= 0.6 is 56.9 Å². The van der Waals surface area contributed by atoms with Gasteiger partial charge in [0.1, 0.15) is 12.3 Å². The first-order chi connectivity index (χ1) is 12.3. The number of halogens is 2. The van der Waals surface area contributed by atoms with E-state index in [9.17, 15) is 14.4 Å². The zero-order valence-corrected chi connectivity index (χ0v) is 19.5. The van der Waals surface area contributed by atoms with E-state index >= 15 is 0 Å². The molecular weight excluding hydrogens is 584 g/mol. The lowest BCUT2D eigenvalue weighted by molar-refractivity contribution is -0.150. The van der Waals surface area contributed by atoms with E-state index in [1.165, 1.54) is 0 Å². The molecule has 0 aliphatic carbocycles. The van der Waals surface area contributed by atoms with Crippen LogP contribution in [-0.2, 0) is 14.3 Å². The van der Waals surface area contributed by atoms with Crippen LogP contribution in [0.25, 0.3) is 6.08 Å². The number of carbonyl (C=O) groups is 3. The molecule has 0 spiro atoms. The number of hydrogen-bond donors (Lipinski definition) is 0. The Morgan fingerprint density at radius 3 is 2.65 bits per heavy atom. The number of methoxy groups -OCH3 is 1. The quantitative estimate of drug-likeness (QED) is 0.276. The maximum atomic E-state index is 12.5. The highest BCUT2D eigenvalue weighted by atomic mass is 127. The summed E-state index contributed by atoms with van der Waals surface area (Å²) in [6.45, 7) is 3.26. The molecule has 0 saturated carbocycles. The second-order valence-electron chi connectivity index (χ2n) is 5.49. The number of amides is 2. The summed E-state index contributed by atoms with van der Waals surface area (Å²) in [5, 5.41) is -0.485. The Labute approximate surface area is 183 Å². The molecule has 0 unspecified atom stereocenters. The number of thioether (sulfide) groups is 1. The molecule has 0 aromatic heterocycles. The van der Waals surface area contributed by atoms with Crippen LogP contribution in [0, 0.1) is 7.14 Å². The molecule has 1 atom stereocenters. The maximum Gasteiger partial charge on any atom is 0.326 e. The van der Waals surface area contributed by atoms with Crippen LogP contribution in [0.15, 0.2) is 17.0 Å². The Morgan fingerprint density at radius 2 is 2.04 bits per heavy atom. The highest BCUT2D eigenvalue weighted by Crippen LogP contribution is 2.36. The van der Waals surface area contributed by atoms with Crippen molar-refractivity contribution < 1.29 is 23.9 Å². The first-order valence-electron chi connectivity index (χ1n) is 7.74. The van der Waals surface area contributed by atoms with Gasteiger partial charge in [-0.05, 0) is 88.5 Å². The van der Waals surface area contributed by atoms with Crippen molar-refractivity contribution in [1.82, 2.24) is 4.90 Å². The molecule has 1 aliphatic heterocycles. The molecule has 0 N–H and O–H groups in total. The molecule has 6 nitrogen and oxygen atoms in total. The fraction of sp³-hybridized carbons (Fsp3) is 0.353. The molecule has 2 rings (SSSR count). The summed E-state index contributed by atoms with van der Waals surface area (Å²) in [5.41, 5.74) is 0.705. The zero-order chi connectivity index (χ0) is 19.4. The smallest absolute Gasteiger partial charge is 0.326 e. The van der Waals surface area contributed by atoms with E-state index in [1.54, 1.807) is 20.1 Å². The van der Waals surface area contributed by atoms with Crippen molar-refractivity contribution in [2.75, 3.05) is 13.7 Å². The van der Waals surface area contributed by atoms with Gasteiger partial charge >= 0.3 is 5.97 Å². The van der Waals surface area contributed by atoms with Gasteiger partial charge in [0.05, 0.1) is 21.7 Å². The summed E-state index contributed by atoms with van der Waals surface area (Å²) in [5.74, 6) is -0.463. The SMILES string of the molecule is CC[C@@H](C)OC(=O)CN1C(=O)S/C(=C/c2cc(I)cc(I)c2OC)C1=O. The van der Waals surface area contributed by atoms with Crippen molar-refractivity contribution >= 4 is 80.1 Å². The monoisotopic (exact) mass is 601 g/mol. The minimum atomic E-state index is -0.593. The predicted octanol–water partition coefficient (Wildman–Crippen LogP) is 4.28. The van der Waals surface area contributed by atoms with E-state index in [0.29, 0.717) is 17.7 Å². The standard InChI is InChI=1S/C17H17I2NO5S/c1-4-9(2)25-14(21)8-20-16(22)13(26-17(20)23)6-10-5-11(18)7-12(19)15(10)24-3/h5-7,9H,4,8H2,1-3H3/b13-6+/t9-/m1/s1. The van der Waals surface area contributed by atoms with E-state index in [-0.39, 0.29) is 17.6 Å². The maximum absolute atomic E-state index is 12.5. The van der Waals surface area contributed by atoms with Crippen LogP contribution in [0.3, 0.4) is 0 Å². The van der Waals surface area contributed by atoms with Gasteiger partial charge in [-0.25, -0.2) is 0 Å². The van der Waals surface area contributed by atoms with Gasteiger partial charge in [0.15, 0.2) is 0 Å². The van der Waals surface area contributed by atoms with E-state index in [4.69, 9.17) is 9.47 Å². The minimum absolute atomic E-state index is 0.252. The lowest BCUT2D eigenvalue weighted by Crippen LogP contribution is -2.35. The van der Waals surface area contributed by atoms with Gasteiger partial charge in [0.25, 0.3) is 11.1 Å². The number of esters is 1. The van der Waals surface area contributed by atoms with Crippen LogP contribution in [0.5, 0.6) is 5.75 Å². The van der Waals surface area contributed by atoms with Crippen LogP contribution in [0.4, 0.5) is 4.79 Å². The number of ether oxygens (including phenoxy) is 2. The molecule has 140 valence electrons. The second kappa shape index (κ2) is 9.40. The van der Waals surface area contributed by atoms with Crippen molar-refractivity contribution in [1.29, 1.82) is 0 Å². The van der Waals surface area contributed by atoms with E-state index < -0.39 is 17.1 Å². The lowest BCUT2D eigenvalue weighted by Gasteiger charge is -2.15. The molecule has 2 amide bonds. The molecule has 1 fully saturated rings. The summed E-state index contributed by atoms with van der Waals surface area (Å²) < 4.78 is 12.4. The van der Waals surface area contributed by atoms with Crippen LogP contribution < -0.4 is 4.74 Å². The summed E-state index contributed by atoms with van der Waals surface area (Å²) in [7, 11) is 1.55. The van der Waals surface area contributed by atoms with Crippen molar-refractivity contribution in [2.24, 2.45) is 0 Å². The van der Waals surface area contributed by atoms with Gasteiger partial charge in [0, 0.05) is 9.13 Å². The number of imide groups is 1. The Bertz CT molecular complexity index is 781. The van der Waals surface area contributed by atoms with Crippen LogP contribution in [-0.4, -0.2) is 41.8 Å². The van der Waals surface area contributed by atoms with Crippen LogP contribution in [0.1, 0.15) is 25.8 Å². The van der Waals surface area contributed by atoms with Gasteiger partial charge in [-0.3, -0.25) is 19.3 Å². The van der Waals surface area contributed by atoms with E-state index in [1.807, 2.05) is 19.1 Å². The van der Waals surface area contributed by atoms with Crippen molar-refractivity contribution in [3.63, 3.8) is 0 Å². The molecule has 1 aliphatic rings. The number of rotatable bonds is 6. The lowest BCUT2D eigenvalue weighted by atomic mass is 10.2. The summed E-state index contributed by atoms with van der Waals surface area (Å²) in [6, 6.07) is 3.82. The zero-order valence-electron chi connectivity index (χ0n) is 14.4. The molecular formula is C17H17I2NO5S. The fourth-order valence-electron chi connectivity index (χ4n) is 2.15. The van der Waals surface area contributed by atoms with Crippen LogP contribution in [0.2, 0.25) is 0 Å². The normalized spacial score (nSPS) is 17.0. The molecule has 1 aromatic carbocycles. The first kappa shape index (κ1) is 21.5. The molecule has 0 radical (unpaired) electrons. The average molecular weight is 601 g/mol. The summed E-state index contributed by atoms with van der Waals surface area (Å²) in [6.07, 6.45) is 2.03. The second-order valence-corrected chi connectivity index (χ2v) is 8.89. The molecule has 0 bridgehead atoms.